The lowest BCUT2D eigenvalue weighted by Gasteiger charge is -2.08. The van der Waals surface area contributed by atoms with Crippen LogP contribution in [0.15, 0.2) is 41.1 Å². The van der Waals surface area contributed by atoms with E-state index in [9.17, 15) is 9.18 Å². The molecule has 1 N–H and O–H groups in total. The van der Waals surface area contributed by atoms with Gasteiger partial charge >= 0.3 is 0 Å². The Bertz CT molecular complexity index is 606. The van der Waals surface area contributed by atoms with Crippen molar-refractivity contribution < 1.29 is 9.18 Å². The van der Waals surface area contributed by atoms with E-state index in [1.165, 1.54) is 30.6 Å². The monoisotopic (exact) mass is 328 g/mol. The van der Waals surface area contributed by atoms with Gasteiger partial charge in [0.2, 0.25) is 0 Å². The molecule has 1 heterocycles. The van der Waals surface area contributed by atoms with Crippen LogP contribution >= 0.6 is 27.5 Å². The minimum atomic E-state index is -0.500. The van der Waals surface area contributed by atoms with Gasteiger partial charge in [0.15, 0.2) is 0 Å². The second kappa shape index (κ2) is 5.46. The third-order valence-electron chi connectivity index (χ3n) is 2.21. The van der Waals surface area contributed by atoms with Gasteiger partial charge in [0, 0.05) is 6.20 Å². The summed E-state index contributed by atoms with van der Waals surface area (Å²) in [6, 6.07) is 5.78. The molecule has 0 unspecified atom stereocenters. The zero-order chi connectivity index (χ0) is 13.1. The lowest BCUT2D eigenvalue weighted by Crippen LogP contribution is -2.13. The summed E-state index contributed by atoms with van der Waals surface area (Å²) in [7, 11) is 0. The molecule has 6 heteroatoms. The number of aromatic nitrogens is 1. The molecule has 0 atom stereocenters. The largest absolute Gasteiger partial charge is 0.319 e. The van der Waals surface area contributed by atoms with Crippen LogP contribution in [0.4, 0.5) is 10.1 Å². The van der Waals surface area contributed by atoms with Crippen LogP contribution in [0.25, 0.3) is 0 Å². The molecule has 0 aliphatic heterocycles. The zero-order valence-electron chi connectivity index (χ0n) is 8.95. The highest BCUT2D eigenvalue weighted by atomic mass is 79.9. The Morgan fingerprint density at radius 2 is 2.17 bits per heavy atom. The molecule has 0 aliphatic carbocycles. The van der Waals surface area contributed by atoms with Gasteiger partial charge in [-0.3, -0.25) is 9.78 Å². The van der Waals surface area contributed by atoms with Crippen LogP contribution in [0.2, 0.25) is 5.02 Å². The van der Waals surface area contributed by atoms with E-state index in [0.717, 1.165) is 0 Å². The van der Waals surface area contributed by atoms with Gasteiger partial charge < -0.3 is 5.32 Å². The predicted molar refractivity (Wildman–Crippen MR) is 71.3 cm³/mol. The molecule has 2 aromatic rings. The van der Waals surface area contributed by atoms with Crippen molar-refractivity contribution in [3.8, 4) is 0 Å². The molecule has 1 aromatic carbocycles. The molecule has 0 spiro atoms. The van der Waals surface area contributed by atoms with Crippen molar-refractivity contribution in [3.05, 3.63) is 57.5 Å². The molecular weight excluding hydrogens is 322 g/mol. The summed E-state index contributed by atoms with van der Waals surface area (Å²) in [6.45, 7) is 0. The Balaban J connectivity index is 2.28. The third-order valence-corrected chi connectivity index (χ3v) is 3.35. The van der Waals surface area contributed by atoms with Crippen LogP contribution in [0.3, 0.4) is 0 Å². The minimum Gasteiger partial charge on any atom is -0.319 e. The number of anilines is 1. The fraction of sp³-hybridized carbons (Fsp3) is 0. The van der Waals surface area contributed by atoms with E-state index in [2.05, 4.69) is 26.2 Å². The summed E-state index contributed by atoms with van der Waals surface area (Å²) in [6.07, 6.45) is 2.93. The standard InChI is InChI=1S/C12H7BrClFN2O/c13-11-7(2-1-3-9(11)15)12(18)17-10-6-16-5-4-8(10)14/h1-6H,(H,17,18). The number of hydrogen-bond acceptors (Lipinski definition) is 2. The first kappa shape index (κ1) is 13.0. The van der Waals surface area contributed by atoms with Crippen LogP contribution < -0.4 is 5.32 Å². The minimum absolute atomic E-state index is 0.113. The van der Waals surface area contributed by atoms with Crippen molar-refractivity contribution in [2.24, 2.45) is 0 Å². The normalized spacial score (nSPS) is 10.2. The summed E-state index contributed by atoms with van der Waals surface area (Å²) >= 11 is 8.91. The van der Waals surface area contributed by atoms with Crippen molar-refractivity contribution in [2.75, 3.05) is 5.32 Å². The number of amides is 1. The van der Waals surface area contributed by atoms with Crippen LogP contribution in [-0.4, -0.2) is 10.9 Å². The van der Waals surface area contributed by atoms with Crippen LogP contribution in [0.1, 0.15) is 10.4 Å². The van der Waals surface area contributed by atoms with Crippen molar-refractivity contribution in [2.45, 2.75) is 0 Å². The van der Waals surface area contributed by atoms with E-state index in [0.29, 0.717) is 10.7 Å². The number of nitrogens with zero attached hydrogens (tertiary/aromatic N) is 1. The fourth-order valence-corrected chi connectivity index (χ4v) is 1.94. The molecule has 18 heavy (non-hydrogen) atoms. The van der Waals surface area contributed by atoms with Gasteiger partial charge in [-0.25, -0.2) is 4.39 Å². The molecule has 0 aliphatic rings. The Kier molecular flexibility index (Phi) is 3.93. The Morgan fingerprint density at radius 3 is 2.89 bits per heavy atom. The Hall–Kier alpha value is -1.46. The molecule has 0 fully saturated rings. The number of pyridine rings is 1. The zero-order valence-corrected chi connectivity index (χ0v) is 11.3. The predicted octanol–water partition coefficient (Wildman–Crippen LogP) is 3.89. The number of benzene rings is 1. The Labute approximate surface area is 116 Å². The molecule has 0 radical (unpaired) electrons. The number of rotatable bonds is 2. The molecule has 1 aromatic heterocycles. The average molecular weight is 330 g/mol. The summed E-state index contributed by atoms with van der Waals surface area (Å²) in [5.41, 5.74) is 0.565. The molecule has 0 saturated carbocycles. The van der Waals surface area contributed by atoms with E-state index in [4.69, 9.17) is 11.6 Å². The third kappa shape index (κ3) is 2.68. The molecule has 1 amide bonds. The highest BCUT2D eigenvalue weighted by Gasteiger charge is 2.14. The van der Waals surface area contributed by atoms with Gasteiger partial charge in [-0.2, -0.15) is 0 Å². The van der Waals surface area contributed by atoms with Gasteiger partial charge in [0.1, 0.15) is 5.82 Å². The van der Waals surface area contributed by atoms with Crippen molar-refractivity contribution in [3.63, 3.8) is 0 Å². The fourth-order valence-electron chi connectivity index (χ4n) is 1.34. The van der Waals surface area contributed by atoms with Crippen LogP contribution in [0, 0.1) is 5.82 Å². The molecule has 2 rings (SSSR count). The highest BCUT2D eigenvalue weighted by Crippen LogP contribution is 2.24. The van der Waals surface area contributed by atoms with Gasteiger partial charge in [-0.05, 0) is 34.1 Å². The van der Waals surface area contributed by atoms with Gasteiger partial charge in [-0.15, -0.1) is 0 Å². The van der Waals surface area contributed by atoms with Gasteiger partial charge in [0.25, 0.3) is 5.91 Å². The van der Waals surface area contributed by atoms with Crippen LogP contribution in [-0.2, 0) is 0 Å². The first-order valence-corrected chi connectivity index (χ1v) is 6.11. The Morgan fingerprint density at radius 1 is 1.39 bits per heavy atom. The number of halogens is 3. The molecule has 3 nitrogen and oxygen atoms in total. The number of carbonyl (C=O) groups excluding carboxylic acids is 1. The highest BCUT2D eigenvalue weighted by molar-refractivity contribution is 9.10. The smallest absolute Gasteiger partial charge is 0.256 e. The molecule has 0 saturated heterocycles. The number of nitrogens with one attached hydrogen (secondary N) is 1. The van der Waals surface area contributed by atoms with E-state index < -0.39 is 11.7 Å². The summed E-state index contributed by atoms with van der Waals surface area (Å²) in [5.74, 6) is -0.962. The van der Waals surface area contributed by atoms with Gasteiger partial charge in [0.05, 0.1) is 26.9 Å². The van der Waals surface area contributed by atoms with Crippen molar-refractivity contribution >= 4 is 39.1 Å². The maximum absolute atomic E-state index is 13.3. The number of carbonyl (C=O) groups is 1. The maximum Gasteiger partial charge on any atom is 0.256 e. The van der Waals surface area contributed by atoms with E-state index in [-0.39, 0.29) is 10.0 Å². The lowest BCUT2D eigenvalue weighted by molar-refractivity contribution is 0.102. The van der Waals surface area contributed by atoms with Crippen molar-refractivity contribution in [1.82, 2.24) is 4.98 Å². The number of hydrogen-bond donors (Lipinski definition) is 1. The topological polar surface area (TPSA) is 42.0 Å². The van der Waals surface area contributed by atoms with E-state index >= 15 is 0 Å². The molecule has 0 bridgehead atoms. The van der Waals surface area contributed by atoms with Crippen molar-refractivity contribution in [1.29, 1.82) is 0 Å². The second-order valence-electron chi connectivity index (χ2n) is 3.41. The first-order chi connectivity index (χ1) is 8.59. The molecule has 92 valence electrons. The summed E-state index contributed by atoms with van der Waals surface area (Å²) in [4.78, 5) is 15.8. The van der Waals surface area contributed by atoms with E-state index in [1.54, 1.807) is 6.07 Å². The molecular formula is C12H7BrClFN2O. The van der Waals surface area contributed by atoms with Gasteiger partial charge in [-0.1, -0.05) is 17.7 Å². The SMILES string of the molecule is O=C(Nc1cnccc1Cl)c1cccc(F)c1Br. The summed E-state index contributed by atoms with van der Waals surface area (Å²) < 4.78 is 13.4. The maximum atomic E-state index is 13.3. The van der Waals surface area contributed by atoms with E-state index in [1.807, 2.05) is 0 Å². The average Bonchev–Trinajstić information content (AvgIpc) is 2.35. The summed E-state index contributed by atoms with van der Waals surface area (Å²) in [5, 5.41) is 2.93. The lowest BCUT2D eigenvalue weighted by atomic mass is 10.2. The second-order valence-corrected chi connectivity index (χ2v) is 4.61. The quantitative estimate of drug-likeness (QED) is 0.908. The first-order valence-electron chi connectivity index (χ1n) is 4.94. The van der Waals surface area contributed by atoms with Crippen LogP contribution in [0.5, 0.6) is 0 Å².